The van der Waals surface area contributed by atoms with Gasteiger partial charge in [-0.2, -0.15) is 0 Å². The van der Waals surface area contributed by atoms with Crippen molar-refractivity contribution in [1.82, 2.24) is 0 Å². The average Bonchev–Trinajstić information content (AvgIpc) is 3.51. The fraction of sp³-hybridized carbons (Fsp3) is 0. The first kappa shape index (κ1) is 21.5. The van der Waals surface area contributed by atoms with Crippen LogP contribution in [0.4, 0.5) is 17.1 Å². The molecule has 6 aromatic carbocycles. The molecule has 0 atom stereocenters. The molecule has 0 aliphatic rings. The molecule has 8 rings (SSSR count). The van der Waals surface area contributed by atoms with Crippen LogP contribution in [0.1, 0.15) is 0 Å². The van der Waals surface area contributed by atoms with Crippen LogP contribution < -0.4 is 10.4 Å². The fourth-order valence-corrected chi connectivity index (χ4v) is 6.84. The molecule has 0 saturated heterocycles. The van der Waals surface area contributed by atoms with Crippen LogP contribution in [0.15, 0.2) is 126 Å². The number of thiophene rings is 1. The first-order chi connectivity index (χ1) is 18.7. The van der Waals surface area contributed by atoms with Crippen LogP contribution in [0.3, 0.4) is 0 Å². The first-order valence-electron chi connectivity index (χ1n) is 12.9. The van der Waals surface area contributed by atoms with Gasteiger partial charge in [-0.3, -0.25) is 0 Å². The predicted molar refractivity (Wildman–Crippen MR) is 167 cm³/mol. The molecule has 0 aliphatic heterocycles. The lowest BCUT2D eigenvalue weighted by molar-refractivity contribution is 0.669. The van der Waals surface area contributed by atoms with E-state index < -0.39 is 0 Å². The van der Waals surface area contributed by atoms with Gasteiger partial charge in [-0.25, -0.2) is 0 Å². The Morgan fingerprint density at radius 2 is 1.21 bits per heavy atom. The summed E-state index contributed by atoms with van der Waals surface area (Å²) < 4.78 is 8.93. The maximum absolute atomic E-state index is 6.32. The van der Waals surface area contributed by atoms with Crippen molar-refractivity contribution in [1.29, 1.82) is 0 Å². The summed E-state index contributed by atoms with van der Waals surface area (Å²) >= 11 is 1.85. The molecule has 2 aromatic heterocycles. The molecular formula is C34H22BNOS. The third kappa shape index (κ3) is 3.27. The molecule has 0 radical (unpaired) electrons. The van der Waals surface area contributed by atoms with Crippen LogP contribution in [0.5, 0.6) is 0 Å². The Labute approximate surface area is 224 Å². The normalized spacial score (nSPS) is 11.8. The van der Waals surface area contributed by atoms with Crippen LogP contribution in [0.2, 0.25) is 0 Å². The van der Waals surface area contributed by atoms with Crippen molar-refractivity contribution in [2.24, 2.45) is 0 Å². The van der Waals surface area contributed by atoms with E-state index >= 15 is 0 Å². The summed E-state index contributed by atoms with van der Waals surface area (Å²) in [4.78, 5) is 2.38. The quantitative estimate of drug-likeness (QED) is 0.224. The van der Waals surface area contributed by atoms with Crippen LogP contribution in [0.25, 0.3) is 52.9 Å². The molecule has 4 heteroatoms. The van der Waals surface area contributed by atoms with Gasteiger partial charge < -0.3 is 9.32 Å². The highest BCUT2D eigenvalue weighted by Gasteiger charge is 2.19. The summed E-state index contributed by atoms with van der Waals surface area (Å²) in [5, 5.41) is 7.33. The Hall–Kier alpha value is -4.54. The number of fused-ring (bicyclic) bond motifs is 7. The van der Waals surface area contributed by atoms with Crippen LogP contribution >= 0.6 is 11.3 Å². The first-order valence-corrected chi connectivity index (χ1v) is 13.7. The van der Waals surface area contributed by atoms with Crippen molar-refractivity contribution in [2.75, 3.05) is 4.90 Å². The van der Waals surface area contributed by atoms with Crippen LogP contribution in [-0.4, -0.2) is 7.85 Å². The Balaban J connectivity index is 1.43. The number of anilines is 3. The zero-order valence-corrected chi connectivity index (χ0v) is 21.6. The number of rotatable bonds is 3. The van der Waals surface area contributed by atoms with E-state index in [0.29, 0.717) is 0 Å². The van der Waals surface area contributed by atoms with Gasteiger partial charge in [-0.1, -0.05) is 72.2 Å². The molecule has 8 aromatic rings. The third-order valence-corrected chi connectivity index (χ3v) is 8.62. The maximum Gasteiger partial charge on any atom is 0.139 e. The Kier molecular flexibility index (Phi) is 4.67. The van der Waals surface area contributed by atoms with Gasteiger partial charge in [-0.15, -0.1) is 11.3 Å². The molecule has 0 fully saturated rings. The van der Waals surface area contributed by atoms with Crippen LogP contribution in [0, 0.1) is 0 Å². The molecule has 0 amide bonds. The maximum atomic E-state index is 6.32. The molecule has 0 N–H and O–H groups in total. The molecule has 2 heterocycles. The third-order valence-electron chi connectivity index (χ3n) is 7.46. The van der Waals surface area contributed by atoms with E-state index in [2.05, 4.69) is 122 Å². The zero-order chi connectivity index (χ0) is 25.2. The lowest BCUT2D eigenvalue weighted by Gasteiger charge is -2.27. The van der Waals surface area contributed by atoms with Gasteiger partial charge in [0.1, 0.15) is 19.0 Å². The second kappa shape index (κ2) is 8.24. The molecule has 178 valence electrons. The van der Waals surface area contributed by atoms with Gasteiger partial charge >= 0.3 is 0 Å². The number of para-hydroxylation sites is 1. The van der Waals surface area contributed by atoms with Gasteiger partial charge in [0.15, 0.2) is 0 Å². The molecule has 0 spiro atoms. The fourth-order valence-electron chi connectivity index (χ4n) is 5.76. The highest BCUT2D eigenvalue weighted by Crippen LogP contribution is 2.43. The predicted octanol–water partition coefficient (Wildman–Crippen LogP) is 8.84. The smallest absolute Gasteiger partial charge is 0.139 e. The SMILES string of the molecule is Bc1cc(N(c2ccc3c(c2)oc2ccccc23)c2ccc3sc4ccccc4c3c2)c2ccccc2c1. The van der Waals surface area contributed by atoms with E-state index in [1.807, 2.05) is 23.5 Å². The van der Waals surface area contributed by atoms with Gasteiger partial charge in [-0.05, 0) is 53.9 Å². The van der Waals surface area contributed by atoms with Gasteiger partial charge in [0.2, 0.25) is 0 Å². The second-order valence-corrected chi connectivity index (χ2v) is 11.0. The summed E-state index contributed by atoms with van der Waals surface area (Å²) in [6.07, 6.45) is 0. The average molecular weight is 503 g/mol. The minimum atomic E-state index is 0.896. The van der Waals surface area contributed by atoms with Crippen molar-refractivity contribution in [2.45, 2.75) is 0 Å². The van der Waals surface area contributed by atoms with E-state index in [0.717, 1.165) is 39.0 Å². The van der Waals surface area contributed by atoms with E-state index in [4.69, 9.17) is 4.42 Å². The zero-order valence-electron chi connectivity index (χ0n) is 20.8. The van der Waals surface area contributed by atoms with Crippen molar-refractivity contribution in [3.8, 4) is 0 Å². The van der Waals surface area contributed by atoms with Gasteiger partial charge in [0.25, 0.3) is 0 Å². The number of hydrogen-bond donors (Lipinski definition) is 0. The lowest BCUT2D eigenvalue weighted by atomic mass is 9.91. The summed E-state index contributed by atoms with van der Waals surface area (Å²) in [6, 6.07) is 43.6. The number of furan rings is 1. The number of hydrogen-bond acceptors (Lipinski definition) is 3. The molecule has 0 unspecified atom stereocenters. The summed E-state index contributed by atoms with van der Waals surface area (Å²) in [6.45, 7) is 0. The topological polar surface area (TPSA) is 16.4 Å². The van der Waals surface area contributed by atoms with E-state index in [1.54, 1.807) is 0 Å². The molecule has 2 nitrogen and oxygen atoms in total. The molecule has 0 bridgehead atoms. The summed E-state index contributed by atoms with van der Waals surface area (Å²) in [5.41, 5.74) is 6.41. The summed E-state index contributed by atoms with van der Waals surface area (Å²) in [7, 11) is 2.17. The van der Waals surface area contributed by atoms with Crippen molar-refractivity contribution >= 4 is 94.6 Å². The summed E-state index contributed by atoms with van der Waals surface area (Å²) in [5.74, 6) is 0. The minimum Gasteiger partial charge on any atom is -0.456 e. The molecule has 0 saturated carbocycles. The van der Waals surface area contributed by atoms with E-state index in [9.17, 15) is 0 Å². The number of benzene rings is 6. The second-order valence-electron chi connectivity index (χ2n) is 9.90. The minimum absolute atomic E-state index is 0.896. The standard InChI is InChI=1S/C34H22BNOS/c35-22-17-21-7-1-2-8-25(21)30(18-22)36(23-14-16-34-29(19-23)28-10-4-6-12-33(28)38-34)24-13-15-27-26-9-3-5-11-31(26)37-32(27)20-24/h1-20H,35H2. The Morgan fingerprint density at radius 3 is 2.13 bits per heavy atom. The Bertz CT molecular complexity index is 2170. The highest BCUT2D eigenvalue weighted by atomic mass is 32.1. The lowest BCUT2D eigenvalue weighted by Crippen LogP contribution is -2.13. The van der Waals surface area contributed by atoms with Crippen molar-refractivity contribution < 1.29 is 4.42 Å². The van der Waals surface area contributed by atoms with Crippen molar-refractivity contribution in [3.05, 3.63) is 121 Å². The monoisotopic (exact) mass is 503 g/mol. The molecule has 38 heavy (non-hydrogen) atoms. The molecule has 0 aliphatic carbocycles. The van der Waals surface area contributed by atoms with Crippen LogP contribution in [-0.2, 0) is 0 Å². The largest absolute Gasteiger partial charge is 0.456 e. The number of nitrogens with zero attached hydrogens (tertiary/aromatic N) is 1. The Morgan fingerprint density at radius 1 is 0.526 bits per heavy atom. The van der Waals surface area contributed by atoms with Crippen molar-refractivity contribution in [3.63, 3.8) is 0 Å². The highest BCUT2D eigenvalue weighted by molar-refractivity contribution is 7.25. The van der Waals surface area contributed by atoms with E-state index in [-0.39, 0.29) is 0 Å². The van der Waals surface area contributed by atoms with E-state index in [1.165, 1.54) is 36.4 Å². The van der Waals surface area contributed by atoms with Gasteiger partial charge in [0.05, 0.1) is 5.69 Å². The molecular weight excluding hydrogens is 481 g/mol. The van der Waals surface area contributed by atoms with Gasteiger partial charge in [0, 0.05) is 53.8 Å².